The van der Waals surface area contributed by atoms with E-state index in [2.05, 4.69) is 35.9 Å². The van der Waals surface area contributed by atoms with Crippen LogP contribution in [0.25, 0.3) is 0 Å². The first-order valence-corrected chi connectivity index (χ1v) is 8.42. The van der Waals surface area contributed by atoms with Crippen molar-refractivity contribution in [2.75, 3.05) is 29.6 Å². The number of hydrogen-bond acceptors (Lipinski definition) is 6. The molecule has 2 amide bonds. The Morgan fingerprint density at radius 3 is 2.89 bits per heavy atom. The molecule has 4 N–H and O–H groups in total. The number of nitrogens with one attached hydrogen (secondary N) is 4. The number of H-pyrrole nitrogens is 1. The Balaban J connectivity index is 1.58. The number of aromatic amines is 1. The van der Waals surface area contributed by atoms with Crippen molar-refractivity contribution >= 4 is 23.5 Å². The van der Waals surface area contributed by atoms with Gasteiger partial charge in [-0.15, -0.1) is 0 Å². The molecule has 0 fully saturated rings. The van der Waals surface area contributed by atoms with Gasteiger partial charge in [-0.3, -0.25) is 5.32 Å². The maximum atomic E-state index is 12.2. The fraction of sp³-hybridized carbons (Fsp3) is 0.222. The summed E-state index contributed by atoms with van der Waals surface area (Å²) in [5, 5.41) is 8.57. The maximum absolute atomic E-state index is 12.2. The number of amides is 2. The van der Waals surface area contributed by atoms with Crippen molar-refractivity contribution in [1.29, 1.82) is 0 Å². The lowest BCUT2D eigenvalue weighted by Gasteiger charge is -2.10. The minimum atomic E-state index is -0.435. The third-order valence-corrected chi connectivity index (χ3v) is 3.63. The standard InChI is InChI=1S/C18H21N7O2/c1-12-10-16(19-7-6-15-20-8-9-21-15)24-17(22-12)25-18(26)23-13-4-3-5-14(11-13)27-2/h3-5,8-11H,6-7H2,1-2H3,(H,20,21)(H3,19,22,23,24,25,26). The molecule has 3 aromatic rings. The number of carbonyl (C=O) groups excluding carboxylic acids is 1. The molecular weight excluding hydrogens is 346 g/mol. The minimum absolute atomic E-state index is 0.218. The normalized spacial score (nSPS) is 10.3. The Labute approximate surface area is 156 Å². The quantitative estimate of drug-likeness (QED) is 0.510. The molecule has 0 aliphatic carbocycles. The van der Waals surface area contributed by atoms with E-state index in [1.807, 2.05) is 13.0 Å². The molecule has 9 nitrogen and oxygen atoms in total. The zero-order valence-corrected chi connectivity index (χ0v) is 15.1. The summed E-state index contributed by atoms with van der Waals surface area (Å²) in [5.74, 6) is 2.40. The number of rotatable bonds is 7. The van der Waals surface area contributed by atoms with E-state index in [0.717, 1.165) is 17.9 Å². The Morgan fingerprint density at radius 1 is 1.22 bits per heavy atom. The number of aromatic nitrogens is 4. The molecule has 2 heterocycles. The number of methoxy groups -OCH3 is 1. The lowest BCUT2D eigenvalue weighted by molar-refractivity contribution is 0.262. The van der Waals surface area contributed by atoms with Gasteiger partial charge < -0.3 is 20.4 Å². The maximum Gasteiger partial charge on any atom is 0.326 e. The molecule has 0 unspecified atom stereocenters. The van der Waals surface area contributed by atoms with Crippen molar-refractivity contribution in [1.82, 2.24) is 19.9 Å². The second-order valence-corrected chi connectivity index (χ2v) is 5.74. The van der Waals surface area contributed by atoms with Gasteiger partial charge in [0.15, 0.2) is 0 Å². The van der Waals surface area contributed by atoms with Crippen molar-refractivity contribution in [2.45, 2.75) is 13.3 Å². The minimum Gasteiger partial charge on any atom is -0.497 e. The SMILES string of the molecule is COc1cccc(NC(=O)Nc2nc(C)cc(NCCc3ncc[nH]3)n2)c1. The number of imidazole rings is 1. The van der Waals surface area contributed by atoms with Crippen LogP contribution in [0.1, 0.15) is 11.5 Å². The number of urea groups is 1. The van der Waals surface area contributed by atoms with Crippen LogP contribution in [0.5, 0.6) is 5.75 Å². The summed E-state index contributed by atoms with van der Waals surface area (Å²) in [5.41, 5.74) is 1.35. The first-order chi connectivity index (χ1) is 13.1. The average Bonchev–Trinajstić information content (AvgIpc) is 3.14. The van der Waals surface area contributed by atoms with Crippen LogP contribution in [-0.4, -0.2) is 39.6 Å². The summed E-state index contributed by atoms with van der Waals surface area (Å²) in [7, 11) is 1.57. The van der Waals surface area contributed by atoms with Crippen LogP contribution in [0.2, 0.25) is 0 Å². The summed E-state index contributed by atoms with van der Waals surface area (Å²) in [6, 6.07) is 8.45. The van der Waals surface area contributed by atoms with Crippen molar-refractivity contribution in [3.63, 3.8) is 0 Å². The molecule has 0 atom stereocenters. The zero-order chi connectivity index (χ0) is 19.1. The summed E-state index contributed by atoms with van der Waals surface area (Å²) in [6.07, 6.45) is 4.23. The van der Waals surface area contributed by atoms with Crippen LogP contribution in [0.15, 0.2) is 42.7 Å². The number of aryl methyl sites for hydroxylation is 1. The van der Waals surface area contributed by atoms with E-state index in [1.54, 1.807) is 43.8 Å². The number of hydrogen-bond donors (Lipinski definition) is 4. The molecule has 2 aromatic heterocycles. The lowest BCUT2D eigenvalue weighted by Crippen LogP contribution is -2.21. The number of nitrogens with zero attached hydrogens (tertiary/aromatic N) is 3. The van der Waals surface area contributed by atoms with Gasteiger partial charge in [0.25, 0.3) is 0 Å². The molecule has 0 aliphatic heterocycles. The topological polar surface area (TPSA) is 117 Å². The van der Waals surface area contributed by atoms with Crippen LogP contribution in [-0.2, 0) is 6.42 Å². The fourth-order valence-electron chi connectivity index (χ4n) is 2.42. The lowest BCUT2D eigenvalue weighted by atomic mass is 10.3. The van der Waals surface area contributed by atoms with E-state index in [4.69, 9.17) is 4.74 Å². The fourth-order valence-corrected chi connectivity index (χ4v) is 2.42. The highest BCUT2D eigenvalue weighted by Crippen LogP contribution is 2.17. The van der Waals surface area contributed by atoms with E-state index >= 15 is 0 Å². The molecule has 27 heavy (non-hydrogen) atoms. The van der Waals surface area contributed by atoms with E-state index < -0.39 is 6.03 Å². The number of anilines is 3. The van der Waals surface area contributed by atoms with Gasteiger partial charge in [0, 0.05) is 48.9 Å². The smallest absolute Gasteiger partial charge is 0.326 e. The number of benzene rings is 1. The van der Waals surface area contributed by atoms with Gasteiger partial charge in [0.1, 0.15) is 17.4 Å². The van der Waals surface area contributed by atoms with Crippen LogP contribution in [0, 0.1) is 6.92 Å². The third-order valence-electron chi connectivity index (χ3n) is 3.63. The molecule has 0 saturated heterocycles. The van der Waals surface area contributed by atoms with Crippen molar-refractivity contribution in [3.8, 4) is 5.75 Å². The molecule has 0 bridgehead atoms. The molecule has 9 heteroatoms. The van der Waals surface area contributed by atoms with Gasteiger partial charge in [-0.1, -0.05) is 6.07 Å². The molecule has 0 spiro atoms. The van der Waals surface area contributed by atoms with Gasteiger partial charge in [-0.05, 0) is 19.1 Å². The largest absolute Gasteiger partial charge is 0.497 e. The average molecular weight is 367 g/mol. The predicted molar refractivity (Wildman–Crippen MR) is 103 cm³/mol. The summed E-state index contributed by atoms with van der Waals surface area (Å²) < 4.78 is 5.14. The first kappa shape index (κ1) is 18.2. The van der Waals surface area contributed by atoms with Gasteiger partial charge in [-0.25, -0.2) is 14.8 Å². The van der Waals surface area contributed by atoms with E-state index in [1.165, 1.54) is 0 Å². The molecule has 0 aliphatic rings. The van der Waals surface area contributed by atoms with Crippen LogP contribution >= 0.6 is 0 Å². The molecule has 140 valence electrons. The highest BCUT2D eigenvalue weighted by atomic mass is 16.5. The van der Waals surface area contributed by atoms with E-state index in [9.17, 15) is 4.79 Å². The van der Waals surface area contributed by atoms with Gasteiger partial charge >= 0.3 is 6.03 Å². The predicted octanol–water partition coefficient (Wildman–Crippen LogP) is 2.82. The molecular formula is C18H21N7O2. The Bertz CT molecular complexity index is 896. The van der Waals surface area contributed by atoms with Crippen molar-refractivity contribution in [2.24, 2.45) is 0 Å². The Morgan fingerprint density at radius 2 is 2.11 bits per heavy atom. The van der Waals surface area contributed by atoms with Gasteiger partial charge in [0.05, 0.1) is 7.11 Å². The third kappa shape index (κ3) is 5.43. The van der Waals surface area contributed by atoms with Gasteiger partial charge in [-0.2, -0.15) is 4.98 Å². The summed E-state index contributed by atoms with van der Waals surface area (Å²) in [6.45, 7) is 2.49. The summed E-state index contributed by atoms with van der Waals surface area (Å²) in [4.78, 5) is 28.0. The zero-order valence-electron chi connectivity index (χ0n) is 15.1. The highest BCUT2D eigenvalue weighted by Gasteiger charge is 2.08. The van der Waals surface area contributed by atoms with Crippen LogP contribution in [0.3, 0.4) is 0 Å². The Kier molecular flexibility index (Phi) is 5.83. The number of carbonyl (C=O) groups is 1. The number of ether oxygens (including phenoxy) is 1. The monoisotopic (exact) mass is 367 g/mol. The van der Waals surface area contributed by atoms with Crippen molar-refractivity contribution in [3.05, 3.63) is 54.2 Å². The molecule has 0 saturated carbocycles. The summed E-state index contributed by atoms with van der Waals surface area (Å²) >= 11 is 0. The highest BCUT2D eigenvalue weighted by molar-refractivity contribution is 5.98. The van der Waals surface area contributed by atoms with Crippen LogP contribution < -0.4 is 20.7 Å². The molecule has 1 aromatic carbocycles. The van der Waals surface area contributed by atoms with Gasteiger partial charge in [0.2, 0.25) is 5.95 Å². The molecule has 3 rings (SSSR count). The van der Waals surface area contributed by atoms with E-state index in [0.29, 0.717) is 23.8 Å². The Hall–Kier alpha value is -3.62. The molecule has 0 radical (unpaired) electrons. The van der Waals surface area contributed by atoms with Crippen LogP contribution in [0.4, 0.5) is 22.2 Å². The first-order valence-electron chi connectivity index (χ1n) is 8.42. The second kappa shape index (κ2) is 8.65. The van der Waals surface area contributed by atoms with E-state index in [-0.39, 0.29) is 5.95 Å². The second-order valence-electron chi connectivity index (χ2n) is 5.74. The van der Waals surface area contributed by atoms with Crippen molar-refractivity contribution < 1.29 is 9.53 Å².